The number of ether oxygens (including phenoxy) is 1. The Morgan fingerprint density at radius 3 is 2.74 bits per heavy atom. The molecule has 1 saturated carbocycles. The monoisotopic (exact) mass is 424 g/mol. The van der Waals surface area contributed by atoms with Crippen LogP contribution in [0.2, 0.25) is 0 Å². The van der Waals surface area contributed by atoms with Crippen LogP contribution in [-0.2, 0) is 13.7 Å². The molecule has 4 N–H and O–H groups in total. The molecule has 1 aliphatic carbocycles. The summed E-state index contributed by atoms with van der Waals surface area (Å²) in [4.78, 5) is 32.9. The van der Waals surface area contributed by atoms with E-state index in [1.807, 2.05) is 0 Å². The van der Waals surface area contributed by atoms with Crippen molar-refractivity contribution in [2.24, 2.45) is 12.8 Å². The van der Waals surface area contributed by atoms with Gasteiger partial charge in [-0.05, 0) is 43.9 Å². The van der Waals surface area contributed by atoms with Gasteiger partial charge >= 0.3 is 0 Å². The first-order valence-corrected chi connectivity index (χ1v) is 10.1. The van der Waals surface area contributed by atoms with Gasteiger partial charge in [-0.3, -0.25) is 14.3 Å². The molecule has 0 atom stereocenters. The summed E-state index contributed by atoms with van der Waals surface area (Å²) in [7, 11) is 1.77. The Hall–Kier alpha value is -3.53. The number of aliphatic hydroxyl groups excluding tert-OH is 1. The molecule has 10 heteroatoms. The lowest BCUT2D eigenvalue weighted by Crippen LogP contribution is -2.40. The summed E-state index contributed by atoms with van der Waals surface area (Å²) in [5.41, 5.74) is 7.09. The zero-order valence-corrected chi connectivity index (χ0v) is 17.1. The van der Waals surface area contributed by atoms with Crippen molar-refractivity contribution in [1.29, 1.82) is 0 Å². The topological polar surface area (TPSA) is 145 Å². The second kappa shape index (κ2) is 8.68. The van der Waals surface area contributed by atoms with Crippen molar-refractivity contribution in [1.82, 2.24) is 25.1 Å². The number of amides is 2. The molecule has 0 bridgehead atoms. The van der Waals surface area contributed by atoms with Gasteiger partial charge in [0, 0.05) is 18.5 Å². The minimum absolute atomic E-state index is 0.00458. The summed E-state index contributed by atoms with van der Waals surface area (Å²) in [6.45, 7) is -0.213. The molecule has 3 heterocycles. The molecule has 1 fully saturated rings. The maximum atomic E-state index is 12.4. The van der Waals surface area contributed by atoms with Crippen LogP contribution in [0.3, 0.4) is 0 Å². The average Bonchev–Trinajstić information content (AvgIpc) is 3.14. The van der Waals surface area contributed by atoms with E-state index in [0.29, 0.717) is 29.6 Å². The maximum Gasteiger partial charge on any atom is 0.270 e. The third-order valence-corrected chi connectivity index (χ3v) is 5.43. The Balaban J connectivity index is 1.39. The Bertz CT molecular complexity index is 1120. The number of aryl methyl sites for hydroxylation is 1. The summed E-state index contributed by atoms with van der Waals surface area (Å²) in [5, 5.41) is 17.0. The van der Waals surface area contributed by atoms with Crippen molar-refractivity contribution in [3.63, 3.8) is 0 Å². The number of pyridine rings is 2. The highest BCUT2D eigenvalue weighted by atomic mass is 16.5. The summed E-state index contributed by atoms with van der Waals surface area (Å²) in [5.74, 6) is -0.660. The van der Waals surface area contributed by atoms with Gasteiger partial charge < -0.3 is 20.9 Å². The van der Waals surface area contributed by atoms with Gasteiger partial charge in [-0.15, -0.1) is 0 Å². The van der Waals surface area contributed by atoms with Crippen molar-refractivity contribution in [2.75, 3.05) is 0 Å². The number of hydrogen-bond donors (Lipinski definition) is 3. The average molecular weight is 424 g/mol. The first-order chi connectivity index (χ1) is 14.9. The first kappa shape index (κ1) is 20.7. The Morgan fingerprint density at radius 1 is 1.26 bits per heavy atom. The SMILES string of the molecule is Cn1ncc2cc(C(N)=O)c(OC3CCC(NC(=O)c4cccc(CO)n4)CC3)nc21. The van der Waals surface area contributed by atoms with Gasteiger partial charge in [0.2, 0.25) is 5.88 Å². The fraction of sp³-hybridized carbons (Fsp3) is 0.381. The number of nitrogens with one attached hydrogen (secondary N) is 1. The van der Waals surface area contributed by atoms with Crippen LogP contribution < -0.4 is 15.8 Å². The number of aliphatic hydroxyl groups is 1. The third-order valence-electron chi connectivity index (χ3n) is 5.43. The van der Waals surface area contributed by atoms with E-state index in [4.69, 9.17) is 10.5 Å². The molecule has 4 rings (SSSR count). The van der Waals surface area contributed by atoms with Crippen molar-refractivity contribution in [2.45, 2.75) is 44.4 Å². The molecule has 1 aliphatic rings. The van der Waals surface area contributed by atoms with E-state index in [2.05, 4.69) is 20.4 Å². The number of aromatic nitrogens is 4. The van der Waals surface area contributed by atoms with E-state index in [9.17, 15) is 14.7 Å². The second-order valence-electron chi connectivity index (χ2n) is 7.62. The van der Waals surface area contributed by atoms with Gasteiger partial charge in [-0.2, -0.15) is 10.1 Å². The highest BCUT2D eigenvalue weighted by molar-refractivity contribution is 5.98. The largest absolute Gasteiger partial charge is 0.474 e. The Labute approximate surface area is 178 Å². The molecular weight excluding hydrogens is 400 g/mol. The molecule has 10 nitrogen and oxygen atoms in total. The van der Waals surface area contributed by atoms with E-state index < -0.39 is 5.91 Å². The molecule has 0 aliphatic heterocycles. The quantitative estimate of drug-likeness (QED) is 0.537. The number of carbonyl (C=O) groups is 2. The highest BCUT2D eigenvalue weighted by Gasteiger charge is 2.26. The van der Waals surface area contributed by atoms with Crippen molar-refractivity contribution in [3.8, 4) is 5.88 Å². The molecule has 162 valence electrons. The fourth-order valence-corrected chi connectivity index (χ4v) is 3.76. The fourth-order valence-electron chi connectivity index (χ4n) is 3.76. The van der Waals surface area contributed by atoms with E-state index in [0.717, 1.165) is 12.8 Å². The zero-order chi connectivity index (χ0) is 22.0. The van der Waals surface area contributed by atoms with Crippen molar-refractivity contribution in [3.05, 3.63) is 47.4 Å². The van der Waals surface area contributed by atoms with Crippen LogP contribution >= 0.6 is 0 Å². The number of nitrogens with two attached hydrogens (primary N) is 1. The summed E-state index contributed by atoms with van der Waals surface area (Å²) >= 11 is 0. The molecule has 3 aromatic heterocycles. The Morgan fingerprint density at radius 2 is 2.03 bits per heavy atom. The molecule has 3 aromatic rings. The van der Waals surface area contributed by atoms with Crippen molar-refractivity contribution >= 4 is 22.8 Å². The third kappa shape index (κ3) is 4.48. The molecule has 0 spiro atoms. The van der Waals surface area contributed by atoms with E-state index in [1.54, 1.807) is 42.2 Å². The van der Waals surface area contributed by atoms with E-state index in [1.165, 1.54) is 0 Å². The first-order valence-electron chi connectivity index (χ1n) is 10.1. The van der Waals surface area contributed by atoms with Gasteiger partial charge in [-0.1, -0.05) is 6.07 Å². The minimum atomic E-state index is -0.605. The van der Waals surface area contributed by atoms with Crippen LogP contribution in [0.1, 0.15) is 52.2 Å². The second-order valence-corrected chi connectivity index (χ2v) is 7.62. The zero-order valence-electron chi connectivity index (χ0n) is 17.1. The smallest absolute Gasteiger partial charge is 0.270 e. The number of hydrogen-bond acceptors (Lipinski definition) is 7. The normalized spacial score (nSPS) is 18.6. The summed E-state index contributed by atoms with van der Waals surface area (Å²) < 4.78 is 7.65. The van der Waals surface area contributed by atoms with Gasteiger partial charge in [0.05, 0.1) is 18.5 Å². The lowest BCUT2D eigenvalue weighted by molar-refractivity contribution is 0.0876. The van der Waals surface area contributed by atoms with Gasteiger partial charge in [0.1, 0.15) is 17.4 Å². The van der Waals surface area contributed by atoms with E-state index >= 15 is 0 Å². The van der Waals surface area contributed by atoms with Gasteiger partial charge in [0.15, 0.2) is 5.65 Å². The predicted molar refractivity (Wildman–Crippen MR) is 111 cm³/mol. The molecule has 0 unspecified atom stereocenters. The standard InChI is InChI=1S/C21H24N6O4/c1-27-19-12(10-23-27)9-16(18(22)29)21(26-19)31-15-7-5-13(6-8-15)25-20(30)17-4-2-3-14(11-28)24-17/h2-4,9-10,13,15,28H,5-8,11H2,1H3,(H2,22,29)(H,25,30). The summed E-state index contributed by atoms with van der Waals surface area (Å²) in [6, 6.07) is 6.62. The van der Waals surface area contributed by atoms with Gasteiger partial charge in [-0.25, -0.2) is 4.98 Å². The summed E-state index contributed by atoms with van der Waals surface area (Å²) in [6.07, 6.45) is 4.31. The molecule has 0 saturated heterocycles. The number of primary amides is 1. The highest BCUT2D eigenvalue weighted by Crippen LogP contribution is 2.27. The predicted octanol–water partition coefficient (Wildman–Crippen LogP) is 1.07. The number of rotatable bonds is 6. The number of fused-ring (bicyclic) bond motifs is 1. The van der Waals surface area contributed by atoms with Gasteiger partial charge in [0.25, 0.3) is 11.8 Å². The lowest BCUT2D eigenvalue weighted by Gasteiger charge is -2.29. The minimum Gasteiger partial charge on any atom is -0.474 e. The molecule has 0 radical (unpaired) electrons. The van der Waals surface area contributed by atoms with Crippen LogP contribution in [0, 0.1) is 0 Å². The number of carbonyl (C=O) groups excluding carboxylic acids is 2. The van der Waals surface area contributed by atoms with E-state index in [-0.39, 0.29) is 41.8 Å². The van der Waals surface area contributed by atoms with Crippen molar-refractivity contribution < 1.29 is 19.4 Å². The molecular formula is C21H24N6O4. The molecule has 2 amide bonds. The maximum absolute atomic E-state index is 12.4. The number of nitrogens with zero attached hydrogens (tertiary/aromatic N) is 4. The van der Waals surface area contributed by atoms with Crippen LogP contribution in [0.15, 0.2) is 30.5 Å². The van der Waals surface area contributed by atoms with Crippen LogP contribution in [-0.4, -0.2) is 48.8 Å². The van der Waals surface area contributed by atoms with Crippen LogP contribution in [0.5, 0.6) is 5.88 Å². The molecule has 0 aromatic carbocycles. The van der Waals surface area contributed by atoms with Crippen LogP contribution in [0.4, 0.5) is 0 Å². The molecule has 31 heavy (non-hydrogen) atoms. The lowest BCUT2D eigenvalue weighted by atomic mass is 9.93. The van der Waals surface area contributed by atoms with Crippen LogP contribution in [0.25, 0.3) is 11.0 Å². The Kier molecular flexibility index (Phi) is 5.81.